The summed E-state index contributed by atoms with van der Waals surface area (Å²) in [5, 5.41) is 12.4. The lowest BCUT2D eigenvalue weighted by Gasteiger charge is -2.22. The molecule has 1 unspecified atom stereocenters. The van der Waals surface area contributed by atoms with Crippen molar-refractivity contribution < 1.29 is 9.90 Å². The standard InChI is InChI=1S/C22H21NO2/c1-16-7-5-6-10-20(16)21(18-13-11-17(15-24)12-14-18)23-22(25)19-8-3-2-4-9-19/h2-14,21,24H,15H2,1H3,(H,23,25). The molecule has 0 aromatic heterocycles. The van der Waals surface area contributed by atoms with E-state index in [-0.39, 0.29) is 18.6 Å². The largest absolute Gasteiger partial charge is 0.392 e. The smallest absolute Gasteiger partial charge is 0.252 e. The van der Waals surface area contributed by atoms with E-state index in [0.29, 0.717) is 5.56 Å². The van der Waals surface area contributed by atoms with E-state index in [9.17, 15) is 9.90 Å². The number of aliphatic hydroxyl groups is 1. The van der Waals surface area contributed by atoms with Gasteiger partial charge in [-0.25, -0.2) is 0 Å². The quantitative estimate of drug-likeness (QED) is 0.742. The van der Waals surface area contributed by atoms with E-state index in [1.165, 1.54) is 0 Å². The molecule has 25 heavy (non-hydrogen) atoms. The Hall–Kier alpha value is -2.91. The van der Waals surface area contributed by atoms with Crippen molar-refractivity contribution in [2.45, 2.75) is 19.6 Å². The minimum absolute atomic E-state index is 0.00564. The average molecular weight is 331 g/mol. The van der Waals surface area contributed by atoms with Crippen molar-refractivity contribution in [1.82, 2.24) is 5.32 Å². The molecule has 126 valence electrons. The van der Waals surface area contributed by atoms with Gasteiger partial charge in [0.05, 0.1) is 12.6 Å². The number of hydrogen-bond acceptors (Lipinski definition) is 2. The molecule has 3 aromatic rings. The highest BCUT2D eigenvalue weighted by atomic mass is 16.3. The molecule has 0 aliphatic carbocycles. The predicted molar refractivity (Wildman–Crippen MR) is 99.3 cm³/mol. The van der Waals surface area contributed by atoms with E-state index in [0.717, 1.165) is 22.3 Å². The number of amides is 1. The molecule has 0 aliphatic heterocycles. The maximum atomic E-state index is 12.7. The molecule has 3 aromatic carbocycles. The van der Waals surface area contributed by atoms with Crippen LogP contribution in [0.5, 0.6) is 0 Å². The first-order valence-electron chi connectivity index (χ1n) is 8.30. The third-order valence-corrected chi connectivity index (χ3v) is 4.31. The second kappa shape index (κ2) is 7.77. The summed E-state index contributed by atoms with van der Waals surface area (Å²) in [7, 11) is 0. The lowest BCUT2D eigenvalue weighted by atomic mass is 9.94. The molecule has 0 saturated carbocycles. The minimum atomic E-state index is -0.248. The van der Waals surface area contributed by atoms with Crippen molar-refractivity contribution in [3.63, 3.8) is 0 Å². The van der Waals surface area contributed by atoms with Gasteiger partial charge in [-0.1, -0.05) is 66.7 Å². The van der Waals surface area contributed by atoms with Gasteiger partial charge in [-0.15, -0.1) is 0 Å². The van der Waals surface area contributed by atoms with E-state index in [1.54, 1.807) is 12.1 Å². The van der Waals surface area contributed by atoms with Crippen molar-refractivity contribution >= 4 is 5.91 Å². The normalized spacial score (nSPS) is 11.8. The molecule has 0 heterocycles. The number of aryl methyl sites for hydroxylation is 1. The summed E-state index contributed by atoms with van der Waals surface area (Å²) in [6.07, 6.45) is 0. The maximum absolute atomic E-state index is 12.7. The van der Waals surface area contributed by atoms with E-state index in [4.69, 9.17) is 0 Å². The Morgan fingerprint density at radius 3 is 2.20 bits per heavy atom. The molecule has 0 aliphatic rings. The Kier molecular flexibility index (Phi) is 5.26. The van der Waals surface area contributed by atoms with Crippen LogP contribution in [0, 0.1) is 6.92 Å². The fourth-order valence-electron chi connectivity index (χ4n) is 2.87. The first-order chi connectivity index (χ1) is 12.2. The van der Waals surface area contributed by atoms with Crippen LogP contribution in [0.15, 0.2) is 78.9 Å². The van der Waals surface area contributed by atoms with E-state index in [2.05, 4.69) is 5.32 Å². The van der Waals surface area contributed by atoms with Crippen LogP contribution in [-0.4, -0.2) is 11.0 Å². The van der Waals surface area contributed by atoms with Gasteiger partial charge in [0.15, 0.2) is 0 Å². The van der Waals surface area contributed by atoms with E-state index in [1.807, 2.05) is 73.7 Å². The minimum Gasteiger partial charge on any atom is -0.392 e. The van der Waals surface area contributed by atoms with Crippen molar-refractivity contribution in [3.05, 3.63) is 107 Å². The lowest BCUT2D eigenvalue weighted by molar-refractivity contribution is 0.0943. The summed E-state index contributed by atoms with van der Waals surface area (Å²) in [5.74, 6) is -0.111. The molecular weight excluding hydrogens is 310 g/mol. The molecule has 0 fully saturated rings. The second-order valence-corrected chi connectivity index (χ2v) is 6.03. The molecule has 0 radical (unpaired) electrons. The van der Waals surface area contributed by atoms with E-state index >= 15 is 0 Å². The van der Waals surface area contributed by atoms with Crippen LogP contribution in [0.4, 0.5) is 0 Å². The van der Waals surface area contributed by atoms with Crippen LogP contribution >= 0.6 is 0 Å². The van der Waals surface area contributed by atoms with Gasteiger partial charge in [-0.05, 0) is 41.3 Å². The van der Waals surface area contributed by atoms with Crippen LogP contribution in [0.2, 0.25) is 0 Å². The van der Waals surface area contributed by atoms with Crippen molar-refractivity contribution in [1.29, 1.82) is 0 Å². The van der Waals surface area contributed by atoms with Crippen molar-refractivity contribution in [3.8, 4) is 0 Å². The summed E-state index contributed by atoms with van der Waals surface area (Å²) in [6.45, 7) is 2.05. The first kappa shape index (κ1) is 16.9. The van der Waals surface area contributed by atoms with Gasteiger partial charge in [0, 0.05) is 5.56 Å². The maximum Gasteiger partial charge on any atom is 0.252 e. The molecule has 3 nitrogen and oxygen atoms in total. The summed E-state index contributed by atoms with van der Waals surface area (Å²) in [5.41, 5.74) is 4.64. The number of rotatable bonds is 5. The van der Waals surface area contributed by atoms with Crippen LogP contribution < -0.4 is 5.32 Å². The Morgan fingerprint density at radius 1 is 0.920 bits per heavy atom. The van der Waals surface area contributed by atoms with Gasteiger partial charge in [-0.3, -0.25) is 4.79 Å². The molecule has 1 atom stereocenters. The van der Waals surface area contributed by atoms with Gasteiger partial charge < -0.3 is 10.4 Å². The molecule has 0 spiro atoms. The summed E-state index contributed by atoms with van der Waals surface area (Å²) < 4.78 is 0. The molecule has 2 N–H and O–H groups in total. The Bertz CT molecular complexity index is 841. The monoisotopic (exact) mass is 331 g/mol. The van der Waals surface area contributed by atoms with Crippen molar-refractivity contribution in [2.75, 3.05) is 0 Å². The number of carbonyl (C=O) groups is 1. The van der Waals surface area contributed by atoms with Crippen LogP contribution in [-0.2, 0) is 6.61 Å². The summed E-state index contributed by atoms with van der Waals surface area (Å²) in [6, 6.07) is 24.7. The first-order valence-corrected chi connectivity index (χ1v) is 8.30. The fourth-order valence-corrected chi connectivity index (χ4v) is 2.87. The van der Waals surface area contributed by atoms with Crippen molar-refractivity contribution in [2.24, 2.45) is 0 Å². The number of hydrogen-bond donors (Lipinski definition) is 2. The number of benzene rings is 3. The molecular formula is C22H21NO2. The summed E-state index contributed by atoms with van der Waals surface area (Å²) in [4.78, 5) is 12.7. The third-order valence-electron chi connectivity index (χ3n) is 4.31. The van der Waals surface area contributed by atoms with Gasteiger partial charge in [0.2, 0.25) is 0 Å². The topological polar surface area (TPSA) is 49.3 Å². The Balaban J connectivity index is 1.97. The molecule has 0 bridgehead atoms. The SMILES string of the molecule is Cc1ccccc1C(NC(=O)c1ccccc1)c1ccc(CO)cc1. The average Bonchev–Trinajstić information content (AvgIpc) is 2.67. The zero-order valence-electron chi connectivity index (χ0n) is 14.1. The van der Waals surface area contributed by atoms with E-state index < -0.39 is 0 Å². The van der Waals surface area contributed by atoms with Crippen LogP contribution in [0.1, 0.15) is 38.7 Å². The highest BCUT2D eigenvalue weighted by Crippen LogP contribution is 2.25. The molecule has 3 rings (SSSR count). The second-order valence-electron chi connectivity index (χ2n) is 6.03. The number of nitrogens with one attached hydrogen (secondary N) is 1. The predicted octanol–water partition coefficient (Wildman–Crippen LogP) is 4.01. The number of aliphatic hydroxyl groups excluding tert-OH is 1. The number of carbonyl (C=O) groups excluding carboxylic acids is 1. The van der Waals surface area contributed by atoms with Crippen LogP contribution in [0.3, 0.4) is 0 Å². The van der Waals surface area contributed by atoms with Crippen LogP contribution in [0.25, 0.3) is 0 Å². The van der Waals surface area contributed by atoms with Gasteiger partial charge >= 0.3 is 0 Å². The van der Waals surface area contributed by atoms with Gasteiger partial charge in [0.25, 0.3) is 5.91 Å². The Labute approximate surface area is 148 Å². The third kappa shape index (κ3) is 3.95. The molecule has 0 saturated heterocycles. The highest BCUT2D eigenvalue weighted by Gasteiger charge is 2.19. The zero-order chi connectivity index (χ0) is 17.6. The fraction of sp³-hybridized carbons (Fsp3) is 0.136. The highest BCUT2D eigenvalue weighted by molar-refractivity contribution is 5.94. The molecule has 1 amide bonds. The zero-order valence-corrected chi connectivity index (χ0v) is 14.1. The Morgan fingerprint density at radius 2 is 1.56 bits per heavy atom. The van der Waals surface area contributed by atoms with Gasteiger partial charge in [-0.2, -0.15) is 0 Å². The van der Waals surface area contributed by atoms with Gasteiger partial charge in [0.1, 0.15) is 0 Å². The molecule has 3 heteroatoms. The lowest BCUT2D eigenvalue weighted by Crippen LogP contribution is -2.29. The summed E-state index contributed by atoms with van der Waals surface area (Å²) >= 11 is 0.